The number of nitrogens with one attached hydrogen (secondary N) is 1. The molecular formula is C16H24N2O3. The molecule has 0 radical (unpaired) electrons. The smallest absolute Gasteiger partial charge is 0.333 e. The van der Waals surface area contributed by atoms with Gasteiger partial charge in [0.2, 0.25) is 0 Å². The summed E-state index contributed by atoms with van der Waals surface area (Å²) in [5.74, 6) is 1.12. The van der Waals surface area contributed by atoms with E-state index in [9.17, 15) is 10.1 Å². The van der Waals surface area contributed by atoms with Crippen molar-refractivity contribution in [3.8, 4) is 5.75 Å². The Bertz CT molecular complexity index is 482. The zero-order chi connectivity index (χ0) is 15.2. The SMILES string of the molecule is CCCOc1cccc(NC2CCC(C)CC2)c1[N+](=O)[O-]. The highest BCUT2D eigenvalue weighted by molar-refractivity contribution is 5.68. The summed E-state index contributed by atoms with van der Waals surface area (Å²) in [6, 6.07) is 5.57. The van der Waals surface area contributed by atoms with E-state index in [1.54, 1.807) is 12.1 Å². The van der Waals surface area contributed by atoms with E-state index in [1.807, 2.05) is 13.0 Å². The monoisotopic (exact) mass is 292 g/mol. The summed E-state index contributed by atoms with van der Waals surface area (Å²) in [4.78, 5) is 11.0. The number of hydrogen-bond donors (Lipinski definition) is 1. The maximum Gasteiger partial charge on any atom is 0.333 e. The van der Waals surface area contributed by atoms with Gasteiger partial charge in [0.05, 0.1) is 11.5 Å². The molecule has 5 heteroatoms. The van der Waals surface area contributed by atoms with Gasteiger partial charge in [0, 0.05) is 6.04 Å². The van der Waals surface area contributed by atoms with E-state index in [4.69, 9.17) is 4.74 Å². The third-order valence-corrected chi connectivity index (χ3v) is 4.02. The Morgan fingerprint density at radius 2 is 2.05 bits per heavy atom. The van der Waals surface area contributed by atoms with Crippen molar-refractivity contribution in [3.05, 3.63) is 28.3 Å². The molecule has 0 amide bonds. The van der Waals surface area contributed by atoms with Gasteiger partial charge in [-0.25, -0.2) is 0 Å². The third-order valence-electron chi connectivity index (χ3n) is 4.02. The van der Waals surface area contributed by atoms with Crippen molar-refractivity contribution < 1.29 is 9.66 Å². The number of ether oxygens (including phenoxy) is 1. The molecule has 0 saturated heterocycles. The fraction of sp³-hybridized carbons (Fsp3) is 0.625. The molecule has 0 unspecified atom stereocenters. The van der Waals surface area contributed by atoms with Crippen LogP contribution in [0.25, 0.3) is 0 Å². The van der Waals surface area contributed by atoms with Gasteiger partial charge in [-0.15, -0.1) is 0 Å². The van der Waals surface area contributed by atoms with E-state index in [2.05, 4.69) is 12.2 Å². The molecule has 0 aliphatic heterocycles. The molecule has 2 rings (SSSR count). The van der Waals surface area contributed by atoms with E-state index >= 15 is 0 Å². The molecule has 116 valence electrons. The number of nitro benzene ring substituents is 1. The number of nitro groups is 1. The van der Waals surface area contributed by atoms with E-state index in [0.717, 1.165) is 25.2 Å². The Labute approximate surface area is 125 Å². The third kappa shape index (κ3) is 4.09. The van der Waals surface area contributed by atoms with Gasteiger partial charge in [-0.3, -0.25) is 10.1 Å². The van der Waals surface area contributed by atoms with Gasteiger partial charge in [0.1, 0.15) is 5.69 Å². The maximum absolute atomic E-state index is 11.4. The summed E-state index contributed by atoms with van der Waals surface area (Å²) >= 11 is 0. The van der Waals surface area contributed by atoms with Gasteiger partial charge >= 0.3 is 5.69 Å². The van der Waals surface area contributed by atoms with Crippen LogP contribution >= 0.6 is 0 Å². The average molecular weight is 292 g/mol. The van der Waals surface area contributed by atoms with Gasteiger partial charge in [-0.1, -0.05) is 19.9 Å². The second-order valence-corrected chi connectivity index (χ2v) is 5.86. The standard InChI is InChI=1S/C16H24N2O3/c1-3-11-21-15-6-4-5-14(16(15)18(19)20)17-13-9-7-12(2)8-10-13/h4-6,12-13,17H,3,7-11H2,1-2H3. The van der Waals surface area contributed by atoms with E-state index in [1.165, 1.54) is 12.8 Å². The number of anilines is 1. The highest BCUT2D eigenvalue weighted by atomic mass is 16.6. The van der Waals surface area contributed by atoms with Crippen LogP contribution in [0.3, 0.4) is 0 Å². The van der Waals surface area contributed by atoms with Crippen LogP contribution in [0.15, 0.2) is 18.2 Å². The topological polar surface area (TPSA) is 64.4 Å². The van der Waals surface area contributed by atoms with Gasteiger partial charge in [0.25, 0.3) is 0 Å². The maximum atomic E-state index is 11.4. The van der Waals surface area contributed by atoms with Crippen LogP contribution in [0.4, 0.5) is 11.4 Å². The second-order valence-electron chi connectivity index (χ2n) is 5.86. The summed E-state index contributed by atoms with van der Waals surface area (Å²) in [5, 5.41) is 14.7. The molecule has 1 aromatic carbocycles. The molecule has 1 aromatic rings. The first-order valence-corrected chi connectivity index (χ1v) is 7.78. The number of rotatable bonds is 6. The number of benzene rings is 1. The Hall–Kier alpha value is -1.78. The Morgan fingerprint density at radius 3 is 2.67 bits per heavy atom. The fourth-order valence-electron chi connectivity index (χ4n) is 2.78. The summed E-state index contributed by atoms with van der Waals surface area (Å²) < 4.78 is 5.51. The Kier molecular flexibility index (Phi) is 5.42. The minimum Gasteiger partial charge on any atom is -0.487 e. The van der Waals surface area contributed by atoms with Crippen molar-refractivity contribution in [2.75, 3.05) is 11.9 Å². The Balaban J connectivity index is 2.16. The molecule has 0 atom stereocenters. The van der Waals surface area contributed by atoms with Crippen LogP contribution < -0.4 is 10.1 Å². The molecule has 1 N–H and O–H groups in total. The minimum absolute atomic E-state index is 0.0598. The lowest BCUT2D eigenvalue weighted by Gasteiger charge is -2.27. The molecule has 0 bridgehead atoms. The van der Waals surface area contributed by atoms with Crippen molar-refractivity contribution in [1.29, 1.82) is 0 Å². The van der Waals surface area contributed by atoms with Gasteiger partial charge < -0.3 is 10.1 Å². The molecule has 1 saturated carbocycles. The van der Waals surface area contributed by atoms with Crippen molar-refractivity contribution in [2.24, 2.45) is 5.92 Å². The van der Waals surface area contributed by atoms with Crippen LogP contribution in [0.2, 0.25) is 0 Å². The second kappa shape index (κ2) is 7.29. The number of para-hydroxylation sites is 1. The zero-order valence-electron chi connectivity index (χ0n) is 12.8. The summed E-state index contributed by atoms with van der Waals surface area (Å²) in [6.45, 7) is 4.74. The molecule has 5 nitrogen and oxygen atoms in total. The number of nitrogens with zero attached hydrogens (tertiary/aromatic N) is 1. The zero-order valence-corrected chi connectivity index (χ0v) is 12.8. The lowest BCUT2D eigenvalue weighted by atomic mass is 9.87. The Morgan fingerprint density at radius 1 is 1.33 bits per heavy atom. The van der Waals surface area contributed by atoms with Crippen molar-refractivity contribution in [1.82, 2.24) is 0 Å². The summed E-state index contributed by atoms with van der Waals surface area (Å²) in [5.41, 5.74) is 0.637. The molecule has 1 aliphatic rings. The van der Waals surface area contributed by atoms with Crippen molar-refractivity contribution in [2.45, 2.75) is 52.0 Å². The predicted octanol–water partition coefficient (Wildman–Crippen LogP) is 4.37. The van der Waals surface area contributed by atoms with Crippen molar-refractivity contribution in [3.63, 3.8) is 0 Å². The molecule has 0 spiro atoms. The summed E-state index contributed by atoms with van der Waals surface area (Å²) in [7, 11) is 0. The first kappa shape index (κ1) is 15.6. The lowest BCUT2D eigenvalue weighted by molar-refractivity contribution is -0.385. The molecule has 1 aliphatic carbocycles. The summed E-state index contributed by atoms with van der Waals surface area (Å²) in [6.07, 6.45) is 5.32. The van der Waals surface area contributed by atoms with Crippen LogP contribution in [-0.4, -0.2) is 17.6 Å². The van der Waals surface area contributed by atoms with Crippen LogP contribution in [0.5, 0.6) is 5.75 Å². The minimum atomic E-state index is -0.348. The molecule has 0 heterocycles. The predicted molar refractivity (Wildman–Crippen MR) is 83.9 cm³/mol. The van der Waals surface area contributed by atoms with Crippen molar-refractivity contribution >= 4 is 11.4 Å². The number of hydrogen-bond acceptors (Lipinski definition) is 4. The first-order chi connectivity index (χ1) is 10.1. The molecular weight excluding hydrogens is 268 g/mol. The highest BCUT2D eigenvalue weighted by Crippen LogP contribution is 2.36. The van der Waals surface area contributed by atoms with Crippen LogP contribution in [0, 0.1) is 16.0 Å². The van der Waals surface area contributed by atoms with Gasteiger partial charge in [-0.2, -0.15) is 0 Å². The molecule has 0 aromatic heterocycles. The lowest BCUT2D eigenvalue weighted by Crippen LogP contribution is -2.25. The fourth-order valence-corrected chi connectivity index (χ4v) is 2.78. The highest BCUT2D eigenvalue weighted by Gasteiger charge is 2.24. The first-order valence-electron chi connectivity index (χ1n) is 7.78. The van der Waals surface area contributed by atoms with E-state index < -0.39 is 0 Å². The van der Waals surface area contributed by atoms with Gasteiger partial charge in [-0.05, 0) is 50.2 Å². The van der Waals surface area contributed by atoms with Crippen LogP contribution in [0.1, 0.15) is 46.0 Å². The normalized spacial score (nSPS) is 21.8. The van der Waals surface area contributed by atoms with E-state index in [0.29, 0.717) is 24.1 Å². The van der Waals surface area contributed by atoms with E-state index in [-0.39, 0.29) is 10.6 Å². The quantitative estimate of drug-likeness (QED) is 0.624. The molecule has 1 fully saturated rings. The molecule has 21 heavy (non-hydrogen) atoms. The van der Waals surface area contributed by atoms with Crippen LogP contribution in [-0.2, 0) is 0 Å². The average Bonchev–Trinajstić information content (AvgIpc) is 2.47. The van der Waals surface area contributed by atoms with Gasteiger partial charge in [0.15, 0.2) is 5.75 Å². The largest absolute Gasteiger partial charge is 0.487 e.